The largest absolute Gasteiger partial charge is 0.507 e. The van der Waals surface area contributed by atoms with Gasteiger partial charge in [-0.15, -0.1) is 0 Å². The molecule has 0 aliphatic carbocycles. The van der Waals surface area contributed by atoms with Crippen molar-refractivity contribution in [2.24, 2.45) is 11.7 Å². The van der Waals surface area contributed by atoms with Gasteiger partial charge < -0.3 is 148 Å². The van der Waals surface area contributed by atoms with Crippen molar-refractivity contribution in [2.75, 3.05) is 39.5 Å². The number of rotatable bonds is 30. The maximum absolute atomic E-state index is 16.4. The predicted molar refractivity (Wildman–Crippen MR) is 432 cm³/mol. The second-order valence-electron chi connectivity index (χ2n) is 30.8. The van der Waals surface area contributed by atoms with Crippen LogP contribution in [-0.4, -0.2) is 227 Å². The number of carbonyl (C=O) groups is 8. The number of phenols is 3. The number of aliphatic hydroxyl groups is 6. The summed E-state index contributed by atoms with van der Waals surface area (Å²) in [5, 5.41) is 141. The van der Waals surface area contributed by atoms with Gasteiger partial charge in [-0.25, -0.2) is 4.79 Å². The number of phenolic OH excluding ortho intramolecular Hbond substituents is 3. The molecule has 38 nitrogen and oxygen atoms in total. The van der Waals surface area contributed by atoms with E-state index in [4.69, 9.17) is 64.3 Å². The van der Waals surface area contributed by atoms with E-state index in [-0.39, 0.29) is 37.4 Å². The number of nitrogens with two attached hydrogens (primary N) is 1. The summed E-state index contributed by atoms with van der Waals surface area (Å²) >= 11 is 14.3. The average molecular weight is 1760 g/mol. The number of carboxylic acid groups (broad SMARTS) is 1. The third-order valence-electron chi connectivity index (χ3n) is 21.3. The lowest BCUT2D eigenvalue weighted by Gasteiger charge is -2.48. The Morgan fingerprint density at radius 2 is 1.34 bits per heavy atom. The Kier molecular flexibility index (Phi) is 29.7. The second-order valence-corrected chi connectivity index (χ2v) is 32.9. The Morgan fingerprint density at radius 1 is 0.727 bits per heavy atom. The molecule has 5 aromatic carbocycles. The monoisotopic (exact) mass is 1760 g/mol. The van der Waals surface area contributed by atoms with Crippen molar-refractivity contribution < 1.29 is 139 Å². The number of aliphatic carboxylic acids is 1. The number of carbonyl (C=O) groups excluding carboxylic acids is 7. The van der Waals surface area contributed by atoms with Crippen LogP contribution in [0.3, 0.4) is 0 Å². The molecule has 7 aliphatic rings. The number of hydrogen-bond acceptors (Lipinski definition) is 28. The van der Waals surface area contributed by atoms with Gasteiger partial charge >= 0.3 is 13.6 Å². The number of primary amides is 1. The number of fused-ring (bicyclic) bond motifs is 15. The number of likely N-dealkylation sites (N-methyl/N-ethyl adjacent to an activating group) is 1. The fourth-order valence-corrected chi connectivity index (χ4v) is 15.5. The Hall–Kier alpha value is -9.13. The highest BCUT2D eigenvalue weighted by molar-refractivity contribution is 7.51. The zero-order valence-corrected chi connectivity index (χ0v) is 69.1. The Morgan fingerprint density at radius 3 is 1.94 bits per heavy atom. The summed E-state index contributed by atoms with van der Waals surface area (Å²) in [4.78, 5) is 139. The number of halogens is 2. The summed E-state index contributed by atoms with van der Waals surface area (Å²) in [7, 11) is -4.60. The maximum atomic E-state index is 16.4. The van der Waals surface area contributed by atoms with Gasteiger partial charge in [-0.1, -0.05) is 107 Å². The molecule has 24 N–H and O–H groups in total. The molecule has 0 radical (unpaired) electrons. The van der Waals surface area contributed by atoms with Gasteiger partial charge in [0, 0.05) is 51.0 Å². The van der Waals surface area contributed by atoms with Crippen LogP contribution in [0.5, 0.6) is 46.0 Å². The van der Waals surface area contributed by atoms with Crippen molar-refractivity contribution in [3.05, 3.63) is 116 Å². The predicted octanol–water partition coefficient (Wildman–Crippen LogP) is 2.69. The van der Waals surface area contributed by atoms with Crippen LogP contribution in [0.25, 0.3) is 11.1 Å². The van der Waals surface area contributed by atoms with E-state index in [0.717, 1.165) is 99.2 Å². The van der Waals surface area contributed by atoms with Crippen molar-refractivity contribution in [3.63, 3.8) is 0 Å². The molecular weight excluding hydrogens is 1650 g/mol. The zero-order chi connectivity index (χ0) is 92.7. The number of benzene rings is 5. The molecule has 2 fully saturated rings. The topological polar surface area (TPSA) is 598 Å². The van der Waals surface area contributed by atoms with Gasteiger partial charge in [0.1, 0.15) is 90.9 Å². The normalized spacial score (nSPS) is 27.6. The molecule has 2 saturated heterocycles. The van der Waals surface area contributed by atoms with Crippen molar-refractivity contribution in [2.45, 2.75) is 221 Å². The highest BCUT2D eigenvalue weighted by Crippen LogP contribution is 2.51. The van der Waals surface area contributed by atoms with Crippen LogP contribution in [0.1, 0.15) is 174 Å². The molecule has 662 valence electrons. The fourth-order valence-electron chi connectivity index (χ4n) is 14.8. The number of amides is 7. The Labute approximate surface area is 712 Å². The lowest BCUT2D eigenvalue weighted by molar-refractivity contribution is -0.334. The van der Waals surface area contributed by atoms with E-state index in [9.17, 15) is 79.8 Å². The van der Waals surface area contributed by atoms with E-state index < -0.39 is 285 Å². The van der Waals surface area contributed by atoms with Crippen LogP contribution in [-0.2, 0) is 63.6 Å². The number of aliphatic hydroxyl groups excluding tert-OH is 6. The summed E-state index contributed by atoms with van der Waals surface area (Å²) in [5.41, 5.74) is -1.82. The molecule has 0 saturated carbocycles. The van der Waals surface area contributed by atoms with Crippen LogP contribution in [0.4, 0.5) is 0 Å². The average Bonchev–Trinajstić information content (AvgIpc) is 0.736. The zero-order valence-electron chi connectivity index (χ0n) is 71.6. The number of carboxylic acids is 1. The van der Waals surface area contributed by atoms with Crippen LogP contribution in [0.2, 0.25) is 11.5 Å². The van der Waals surface area contributed by atoms with E-state index in [2.05, 4.69) is 49.5 Å². The molecule has 5 aromatic rings. The smallest absolute Gasteiger partial charge is 0.339 e. The van der Waals surface area contributed by atoms with E-state index in [1.165, 1.54) is 43.5 Å². The molecule has 0 aromatic heterocycles. The van der Waals surface area contributed by atoms with E-state index >= 15 is 24.0 Å². The highest BCUT2D eigenvalue weighted by atomic mass is 35.5. The first-order valence-corrected chi connectivity index (χ1v) is 41.6. The standard InChI is InChI=1S/C80H106Cl2N11O27P/c1-7-8-9-10-11-12-13-14-21-85-22-23-87-80(5)32-57(115-37(4)71(80)103)119-70-68(102)67(101)55(34-94)118-79(70)120-69-53-28-41-29-54(69)117-52-20-17-40(27-46(52)82)65(99)63-77(109)91-61(78(110)111)43-30-50(96)44(33-86-35-121(112,113)114)66(100)58(43)42-25-38(15-18-49(42)95)59(74(106)93-63)90-75(107)60(41)89-73(105)48(31-56(83)97)88-76(108)62(92-72(104)47(84-6)24-36(2)3)64(98)39-16-19-51(116-53)45(81)26-39/h15-20,25-30,36-37,47-48,55,57,59-65,67-68,70-71,79,84-87,94-96,98-103H,7-14,21-24,31-35H2,1-6H3,(H2,83,97)(H,88,108)(H,89,105)(H,90,107)(H,91,109)(H,92,104)(H,93,106)(H,110,111)(H2,112,113,114)/t37-,47+,48-,55+,57-,59+,60+,61+,62+,63-,64+,65+,67+,68-,70+,71+,79-,80-/m0/s1/i33D2,35D2/hD. The quantitative estimate of drug-likeness (QED) is 0.0232. The van der Waals surface area contributed by atoms with Gasteiger partial charge in [0.2, 0.25) is 53.4 Å². The van der Waals surface area contributed by atoms with Crippen LogP contribution < -0.4 is 73.1 Å². The highest BCUT2D eigenvalue weighted by Gasteiger charge is 2.52. The number of hydrogen-bond donors (Lipinski definition) is 23. The number of unbranched alkanes of at least 4 members (excludes halogenated alkanes) is 7. The molecule has 18 atom stereocenters. The van der Waals surface area contributed by atoms with E-state index in [1.807, 2.05) is 0 Å². The van der Waals surface area contributed by atoms with E-state index in [0.29, 0.717) is 12.6 Å². The minimum atomic E-state index is -6.04. The minimum absolute atomic E-state index is 0.152. The Balaban J connectivity index is 1.19. The molecular formula is C80H106Cl2N11O27P. The lowest BCUT2D eigenvalue weighted by Crippen LogP contribution is -2.65. The van der Waals surface area contributed by atoms with E-state index in [1.54, 1.807) is 20.8 Å². The molecule has 11 bridgehead atoms. The van der Waals surface area contributed by atoms with Gasteiger partial charge in [-0.05, 0) is 123 Å². The first-order chi connectivity index (χ1) is 59.2. The lowest BCUT2D eigenvalue weighted by atomic mass is 9.85. The summed E-state index contributed by atoms with van der Waals surface area (Å²) in [6, 6.07) is -4.38. The summed E-state index contributed by atoms with van der Waals surface area (Å²) in [6.07, 6.45) is -15.0. The van der Waals surface area contributed by atoms with Crippen molar-refractivity contribution in [1.82, 2.24) is 53.2 Å². The molecule has 12 rings (SSSR count). The van der Waals surface area contributed by atoms with Gasteiger partial charge in [0.05, 0.1) is 55.9 Å². The number of ether oxygens (including phenoxy) is 6. The van der Waals surface area contributed by atoms with Crippen LogP contribution >= 0.6 is 30.8 Å². The molecule has 0 spiro atoms. The van der Waals surface area contributed by atoms with Gasteiger partial charge in [0.15, 0.2) is 29.9 Å². The van der Waals surface area contributed by atoms with Crippen molar-refractivity contribution in [1.29, 1.82) is 0 Å². The van der Waals surface area contributed by atoms with Gasteiger partial charge in [-0.2, -0.15) is 0 Å². The number of nitrogens with one attached hydrogen (secondary N) is 10. The number of aromatic hydroxyl groups is 3. The molecule has 41 heteroatoms. The first-order valence-electron chi connectivity index (χ1n) is 41.7. The fraction of sp³-hybridized carbons (Fsp3) is 0.525. The molecule has 7 heterocycles. The molecule has 7 amide bonds. The van der Waals surface area contributed by atoms with Gasteiger partial charge in [-0.3, -0.25) is 38.1 Å². The molecule has 0 unspecified atom stereocenters. The van der Waals surface area contributed by atoms with Crippen LogP contribution in [0.15, 0.2) is 72.8 Å². The summed E-state index contributed by atoms with van der Waals surface area (Å²) < 4.78 is 94.1. The Bertz CT molecular complexity index is 4900. The van der Waals surface area contributed by atoms with Gasteiger partial charge in [0.25, 0.3) is 0 Å². The first kappa shape index (κ1) is 86.8. The molecule has 7 aliphatic heterocycles. The summed E-state index contributed by atoms with van der Waals surface area (Å²) in [5.74, 6) is -19.5. The second kappa shape index (κ2) is 41.4. The maximum Gasteiger partial charge on any atom is 0.339 e. The van der Waals surface area contributed by atoms with Crippen molar-refractivity contribution >= 4 is 78.1 Å². The summed E-state index contributed by atoms with van der Waals surface area (Å²) in [6.45, 7) is 4.94. The van der Waals surface area contributed by atoms with Crippen molar-refractivity contribution in [3.8, 4) is 57.1 Å². The van der Waals surface area contributed by atoms with Crippen LogP contribution in [0, 0.1) is 5.92 Å². The third-order valence-corrected chi connectivity index (χ3v) is 22.3. The third kappa shape index (κ3) is 23.0. The minimum Gasteiger partial charge on any atom is -0.507 e. The SMILES string of the molecule is [2H]N(CCCCCCCCCC)CCN[C@@]1(C)C[C@H](O[C@H]2[C@H](Oc3c4cc5cc3Oc3ccc(cc3Cl)[C@@H](O)[C@@H](NC(=O)[C@@H](CC(C)C)NC)C(=O)N[C@@H](CC(N)=O)C(=O)N[C@H]5C(=O)N[C@H]3C(=O)N[C@H](C(=O)N[C@@H](C(=O)O)c5cc(O)c(C([2H])([2H])NC([2H])([2H])P(=O)(O)O)c(O)c5-c5cc3ccc5O)[C@H](O)c3ccc(c(Cl)c3)O4)O[C@H](CO)[C@@H](O)[C@@H]2O)O[C@@H](C)[C@H]1O. The molecule has 121 heavy (non-hydrogen) atoms.